The molecule has 0 aliphatic carbocycles. The molecule has 0 aliphatic heterocycles. The predicted octanol–water partition coefficient (Wildman–Crippen LogP) is 1.12. The molecule has 0 aromatic rings. The minimum absolute atomic E-state index is 0.925. The zero-order valence-corrected chi connectivity index (χ0v) is 9.79. The molecule has 0 fully saturated rings. The third kappa shape index (κ3) is 5.86. The van der Waals surface area contributed by atoms with Crippen LogP contribution in [-0.2, 0) is 9.53 Å². The summed E-state index contributed by atoms with van der Waals surface area (Å²) >= 11 is 16.2. The lowest BCUT2D eigenvalue weighted by Gasteiger charge is -2.24. The summed E-state index contributed by atoms with van der Waals surface area (Å²) in [6.45, 7) is -1.31. The Bertz CT molecular complexity index is 228. The van der Waals surface area contributed by atoms with Gasteiger partial charge in [0.05, 0.1) is 0 Å². The molecule has 5 nitrogen and oxygen atoms in total. The molecule has 0 aromatic heterocycles. The van der Waals surface area contributed by atoms with Crippen LogP contribution in [0.4, 0.5) is 9.18 Å². The van der Waals surface area contributed by atoms with E-state index in [1.165, 1.54) is 7.05 Å². The minimum atomic E-state index is -2.09. The molecule has 1 atom stereocenters. The summed E-state index contributed by atoms with van der Waals surface area (Å²) in [5, 5.41) is 3.96. The maximum Gasteiger partial charge on any atom is 0.408 e. The number of nitrogens with one attached hydrogen (secondary N) is 2. The molecule has 0 rings (SSSR count). The van der Waals surface area contributed by atoms with Crippen LogP contribution in [0.1, 0.15) is 0 Å². The molecule has 0 radical (unpaired) electrons. The molecule has 0 saturated heterocycles. The van der Waals surface area contributed by atoms with E-state index >= 15 is 0 Å². The highest BCUT2D eigenvalue weighted by Gasteiger charge is 2.37. The van der Waals surface area contributed by atoms with E-state index in [-0.39, 0.29) is 0 Å². The second-order valence-electron chi connectivity index (χ2n) is 2.28. The zero-order chi connectivity index (χ0) is 12.1. The Balaban J connectivity index is 4.46. The Morgan fingerprint density at radius 2 is 2.00 bits per heavy atom. The van der Waals surface area contributed by atoms with E-state index in [1.807, 2.05) is 5.32 Å². The molecule has 0 saturated carbocycles. The summed E-state index contributed by atoms with van der Waals surface area (Å²) in [5.74, 6) is -1.06. The van der Waals surface area contributed by atoms with E-state index in [9.17, 15) is 14.0 Å². The van der Waals surface area contributed by atoms with Crippen LogP contribution < -0.4 is 10.6 Å². The number of hydrogen-bond donors (Lipinski definition) is 2. The lowest BCUT2D eigenvalue weighted by atomic mass is 10.5. The third-order valence-electron chi connectivity index (χ3n) is 1.14. The van der Waals surface area contributed by atoms with Gasteiger partial charge in [-0.05, 0) is 0 Å². The molecule has 2 N–H and O–H groups in total. The minimum Gasteiger partial charge on any atom is -0.421 e. The van der Waals surface area contributed by atoms with Crippen LogP contribution in [0.2, 0.25) is 0 Å². The highest BCUT2D eigenvalue weighted by molar-refractivity contribution is 6.68. The average molecular weight is 281 g/mol. The maximum atomic E-state index is 11.9. The number of alkyl halides is 4. The summed E-state index contributed by atoms with van der Waals surface area (Å²) in [4.78, 5) is 21.4. The molecular formula is C6H8Cl3FN2O3. The number of carbonyl (C=O) groups is 2. The first-order valence-electron chi connectivity index (χ1n) is 3.61. The third-order valence-corrected chi connectivity index (χ3v) is 1.73. The van der Waals surface area contributed by atoms with Gasteiger partial charge in [-0.1, -0.05) is 34.8 Å². The molecule has 88 valence electrons. The molecule has 0 spiro atoms. The highest BCUT2D eigenvalue weighted by atomic mass is 35.6. The van der Waals surface area contributed by atoms with E-state index in [1.54, 1.807) is 0 Å². The molecule has 2 amide bonds. The summed E-state index contributed by atoms with van der Waals surface area (Å²) < 4.78 is 14.3. The molecule has 1 unspecified atom stereocenters. The highest BCUT2D eigenvalue weighted by Crippen LogP contribution is 2.30. The number of alkyl carbamates (subject to hydrolysis) is 1. The number of ether oxygens (including phenoxy) is 1. The largest absolute Gasteiger partial charge is 0.421 e. The van der Waals surface area contributed by atoms with Gasteiger partial charge in [0.1, 0.15) is 0 Å². The normalized spacial score (nSPS) is 12.9. The van der Waals surface area contributed by atoms with E-state index in [0.29, 0.717) is 0 Å². The monoisotopic (exact) mass is 280 g/mol. The van der Waals surface area contributed by atoms with Gasteiger partial charge in [0.15, 0.2) is 6.67 Å². The van der Waals surface area contributed by atoms with E-state index in [4.69, 9.17) is 34.8 Å². The maximum absolute atomic E-state index is 11.9. The van der Waals surface area contributed by atoms with Gasteiger partial charge in [0.2, 0.25) is 10.0 Å². The molecule has 0 heterocycles. The molecule has 0 bridgehead atoms. The Morgan fingerprint density at radius 1 is 1.47 bits per heavy atom. The smallest absolute Gasteiger partial charge is 0.408 e. The summed E-state index contributed by atoms with van der Waals surface area (Å²) in [5.41, 5.74) is 0. The molecular weight excluding hydrogens is 273 g/mol. The van der Waals surface area contributed by atoms with Gasteiger partial charge in [-0.3, -0.25) is 4.79 Å². The van der Waals surface area contributed by atoms with Crippen LogP contribution in [0.3, 0.4) is 0 Å². The number of rotatable bonds is 3. The van der Waals surface area contributed by atoms with Gasteiger partial charge in [-0.25, -0.2) is 9.18 Å². The Morgan fingerprint density at radius 3 is 2.33 bits per heavy atom. The van der Waals surface area contributed by atoms with E-state index in [2.05, 4.69) is 10.1 Å². The number of halogens is 4. The molecule has 9 heteroatoms. The fraction of sp³-hybridized carbons (Fsp3) is 0.667. The van der Waals surface area contributed by atoms with Crippen LogP contribution in [0.25, 0.3) is 0 Å². The Hall–Kier alpha value is -0.460. The van der Waals surface area contributed by atoms with Crippen molar-refractivity contribution in [2.24, 2.45) is 0 Å². The Kier molecular flexibility index (Phi) is 6.00. The first-order valence-corrected chi connectivity index (χ1v) is 4.75. The van der Waals surface area contributed by atoms with Gasteiger partial charge in [-0.2, -0.15) is 0 Å². The topological polar surface area (TPSA) is 67.4 Å². The summed E-state index contributed by atoms with van der Waals surface area (Å²) in [6.07, 6.45) is -2.49. The van der Waals surface area contributed by atoms with Crippen LogP contribution >= 0.6 is 34.8 Å². The van der Waals surface area contributed by atoms with Gasteiger partial charge < -0.3 is 15.4 Å². The molecule has 0 aliphatic rings. The number of carbonyl (C=O) groups excluding carboxylic acids is 2. The van der Waals surface area contributed by atoms with Crippen LogP contribution in [0.5, 0.6) is 0 Å². The first kappa shape index (κ1) is 14.5. The van der Waals surface area contributed by atoms with Crippen molar-refractivity contribution in [3.8, 4) is 0 Å². The average Bonchev–Trinajstić information content (AvgIpc) is 2.14. The SMILES string of the molecule is CNC(=O)OC(NC(=O)CF)C(Cl)(Cl)Cl. The van der Waals surface area contributed by atoms with Crippen molar-refractivity contribution >= 4 is 46.8 Å². The lowest BCUT2D eigenvalue weighted by Crippen LogP contribution is -2.48. The summed E-state index contributed by atoms with van der Waals surface area (Å²) in [7, 11) is 1.27. The Labute approximate surface area is 100 Å². The van der Waals surface area contributed by atoms with Crippen molar-refractivity contribution in [1.29, 1.82) is 0 Å². The van der Waals surface area contributed by atoms with Crippen molar-refractivity contribution in [2.45, 2.75) is 10.0 Å². The van der Waals surface area contributed by atoms with Crippen LogP contribution in [-0.4, -0.2) is 35.7 Å². The quantitative estimate of drug-likeness (QED) is 0.602. The second-order valence-corrected chi connectivity index (χ2v) is 4.65. The van der Waals surface area contributed by atoms with Gasteiger partial charge in [0.25, 0.3) is 5.91 Å². The molecule has 0 aromatic carbocycles. The number of amides is 2. The van der Waals surface area contributed by atoms with E-state index in [0.717, 1.165) is 0 Å². The van der Waals surface area contributed by atoms with Crippen molar-refractivity contribution in [3.63, 3.8) is 0 Å². The van der Waals surface area contributed by atoms with Crippen LogP contribution in [0.15, 0.2) is 0 Å². The van der Waals surface area contributed by atoms with Crippen LogP contribution in [0, 0.1) is 0 Å². The van der Waals surface area contributed by atoms with E-state index < -0.39 is 28.7 Å². The summed E-state index contributed by atoms with van der Waals surface area (Å²) in [6, 6.07) is 0. The predicted molar refractivity (Wildman–Crippen MR) is 53.7 cm³/mol. The standard InChI is InChI=1S/C6H8Cl3FN2O3/c1-11-5(14)15-4(6(7,8)9)12-3(13)2-10/h4H,2H2,1H3,(H,11,14)(H,12,13). The van der Waals surface area contributed by atoms with Crippen molar-refractivity contribution < 1.29 is 18.7 Å². The van der Waals surface area contributed by atoms with Gasteiger partial charge in [0, 0.05) is 7.05 Å². The first-order chi connectivity index (χ1) is 6.81. The van der Waals surface area contributed by atoms with Crippen molar-refractivity contribution in [2.75, 3.05) is 13.7 Å². The van der Waals surface area contributed by atoms with Crippen molar-refractivity contribution in [3.05, 3.63) is 0 Å². The lowest BCUT2D eigenvalue weighted by molar-refractivity contribution is -0.124. The van der Waals surface area contributed by atoms with Crippen molar-refractivity contribution in [1.82, 2.24) is 10.6 Å². The second kappa shape index (κ2) is 6.19. The number of hydrogen-bond acceptors (Lipinski definition) is 3. The van der Waals surface area contributed by atoms with Gasteiger partial charge in [-0.15, -0.1) is 0 Å². The fourth-order valence-corrected chi connectivity index (χ4v) is 0.826. The fourth-order valence-electron chi connectivity index (χ4n) is 0.529. The zero-order valence-electron chi connectivity index (χ0n) is 7.52. The molecule has 15 heavy (non-hydrogen) atoms. The van der Waals surface area contributed by atoms with Gasteiger partial charge >= 0.3 is 6.09 Å².